The van der Waals surface area contributed by atoms with Gasteiger partial charge in [-0.05, 0) is 88.4 Å². The summed E-state index contributed by atoms with van der Waals surface area (Å²) >= 11 is 0. The average Bonchev–Trinajstić information content (AvgIpc) is 3.08. The zero-order valence-electron chi connectivity index (χ0n) is 19.2. The molecular weight excluding hydrogens is 406 g/mol. The molecule has 3 heteroatoms. The summed E-state index contributed by atoms with van der Waals surface area (Å²) in [5.41, 5.74) is 3.38. The van der Waals surface area contributed by atoms with Crippen LogP contribution in [0.2, 0.25) is 0 Å². The number of aromatic nitrogens is 1. The maximum Gasteiger partial charge on any atom is 0.120 e. The van der Waals surface area contributed by atoms with Crippen molar-refractivity contribution in [3.05, 3.63) is 77.4 Å². The number of hydrogen-bond donors (Lipinski definition) is 2. The largest absolute Gasteiger partial charge is 0.378 e. The summed E-state index contributed by atoms with van der Waals surface area (Å²) in [5, 5.41) is 22.0. The molecule has 4 rings (SSSR count). The van der Waals surface area contributed by atoms with E-state index in [2.05, 4.69) is 34.2 Å². The third-order valence-corrected chi connectivity index (χ3v) is 5.08. The molecule has 0 bridgehead atoms. The number of fused-ring (bicyclic) bond motifs is 3. The standard InChI is InChI=1S/C30H25NO2/c1-6-21-7-11-24(12-8-21)31-27-13-9-22(15-17-29(2,3)32)19-25(27)26-20-23(10-14-28(26)31)16-18-30(4,5)33/h1,7-14,19-20,32-33H,2-5H3. The number of rotatable bonds is 1. The molecule has 2 N–H and O–H groups in total. The molecule has 0 atom stereocenters. The average molecular weight is 432 g/mol. The molecule has 3 aromatic carbocycles. The van der Waals surface area contributed by atoms with E-state index < -0.39 is 11.2 Å². The smallest absolute Gasteiger partial charge is 0.120 e. The molecule has 0 fully saturated rings. The van der Waals surface area contributed by atoms with Crippen molar-refractivity contribution in [2.75, 3.05) is 0 Å². The second-order valence-corrected chi connectivity index (χ2v) is 9.11. The van der Waals surface area contributed by atoms with E-state index >= 15 is 0 Å². The molecule has 162 valence electrons. The first-order chi connectivity index (χ1) is 15.5. The summed E-state index contributed by atoms with van der Waals surface area (Å²) < 4.78 is 2.19. The summed E-state index contributed by atoms with van der Waals surface area (Å²) in [7, 11) is 0. The van der Waals surface area contributed by atoms with Gasteiger partial charge in [0, 0.05) is 33.2 Å². The normalized spacial score (nSPS) is 11.4. The minimum absolute atomic E-state index is 0.819. The van der Waals surface area contributed by atoms with Gasteiger partial charge < -0.3 is 14.8 Å². The molecule has 0 radical (unpaired) electrons. The molecule has 0 amide bonds. The van der Waals surface area contributed by atoms with E-state index in [1.165, 1.54) is 0 Å². The first kappa shape index (κ1) is 22.3. The molecule has 0 saturated carbocycles. The van der Waals surface area contributed by atoms with Crippen LogP contribution in [-0.4, -0.2) is 26.0 Å². The summed E-state index contributed by atoms with van der Waals surface area (Å²) in [5.74, 6) is 14.6. The van der Waals surface area contributed by atoms with E-state index in [0.29, 0.717) is 0 Å². The first-order valence-electron chi connectivity index (χ1n) is 10.7. The van der Waals surface area contributed by atoms with Gasteiger partial charge in [-0.2, -0.15) is 0 Å². The highest BCUT2D eigenvalue weighted by atomic mass is 16.3. The second kappa shape index (κ2) is 8.20. The SMILES string of the molecule is C#Cc1ccc(-n2c3ccc(C#CC(C)(C)O)cc3c3cc(C#CC(C)(C)O)ccc32)cc1. The second-order valence-electron chi connectivity index (χ2n) is 9.11. The van der Waals surface area contributed by atoms with E-state index in [1.807, 2.05) is 60.7 Å². The van der Waals surface area contributed by atoms with E-state index in [1.54, 1.807) is 27.7 Å². The van der Waals surface area contributed by atoms with E-state index in [-0.39, 0.29) is 0 Å². The third-order valence-electron chi connectivity index (χ3n) is 5.08. The van der Waals surface area contributed by atoms with Crippen molar-refractivity contribution in [1.82, 2.24) is 4.57 Å². The quantitative estimate of drug-likeness (QED) is 0.416. The van der Waals surface area contributed by atoms with Crippen molar-refractivity contribution in [3.8, 4) is 41.7 Å². The molecule has 1 heterocycles. The van der Waals surface area contributed by atoms with Crippen molar-refractivity contribution >= 4 is 21.8 Å². The lowest BCUT2D eigenvalue weighted by Gasteiger charge is -2.08. The van der Waals surface area contributed by atoms with Crippen molar-refractivity contribution < 1.29 is 10.2 Å². The number of benzene rings is 3. The van der Waals surface area contributed by atoms with Crippen molar-refractivity contribution in [1.29, 1.82) is 0 Å². The molecule has 33 heavy (non-hydrogen) atoms. The fourth-order valence-electron chi connectivity index (χ4n) is 3.61. The number of terminal acetylenes is 1. The maximum absolute atomic E-state index is 9.99. The van der Waals surface area contributed by atoms with Crippen molar-refractivity contribution in [2.45, 2.75) is 38.9 Å². The number of hydrogen-bond acceptors (Lipinski definition) is 2. The Kier molecular flexibility index (Phi) is 5.53. The van der Waals surface area contributed by atoms with Gasteiger partial charge in [0.25, 0.3) is 0 Å². The Morgan fingerprint density at radius 2 is 1.09 bits per heavy atom. The van der Waals surface area contributed by atoms with E-state index in [4.69, 9.17) is 6.42 Å². The van der Waals surface area contributed by atoms with Crippen LogP contribution in [0.25, 0.3) is 27.5 Å². The van der Waals surface area contributed by atoms with Crippen molar-refractivity contribution in [3.63, 3.8) is 0 Å². The van der Waals surface area contributed by atoms with Crippen molar-refractivity contribution in [2.24, 2.45) is 0 Å². The van der Waals surface area contributed by atoms with Gasteiger partial charge in [-0.3, -0.25) is 0 Å². The van der Waals surface area contributed by atoms with Gasteiger partial charge in [0.05, 0.1) is 11.0 Å². The van der Waals surface area contributed by atoms with Crippen LogP contribution in [0, 0.1) is 36.0 Å². The maximum atomic E-state index is 9.99. The molecule has 1 aromatic heterocycles. The Morgan fingerprint density at radius 1 is 0.667 bits per heavy atom. The van der Waals surface area contributed by atoms with Gasteiger partial charge in [-0.1, -0.05) is 29.6 Å². The van der Waals surface area contributed by atoms with E-state index in [0.717, 1.165) is 44.2 Å². The van der Waals surface area contributed by atoms with E-state index in [9.17, 15) is 10.2 Å². The van der Waals surface area contributed by atoms with Crippen LogP contribution in [0.5, 0.6) is 0 Å². The topological polar surface area (TPSA) is 45.4 Å². The van der Waals surface area contributed by atoms with Gasteiger partial charge in [0.1, 0.15) is 11.2 Å². The zero-order chi connectivity index (χ0) is 23.8. The highest BCUT2D eigenvalue weighted by Gasteiger charge is 2.14. The van der Waals surface area contributed by atoms with Gasteiger partial charge in [-0.15, -0.1) is 6.42 Å². The highest BCUT2D eigenvalue weighted by Crippen LogP contribution is 2.33. The van der Waals surface area contributed by atoms with Crippen LogP contribution >= 0.6 is 0 Å². The molecule has 0 aliphatic heterocycles. The third kappa shape index (κ3) is 4.95. The lowest BCUT2D eigenvalue weighted by Crippen LogP contribution is -2.14. The Bertz CT molecular complexity index is 1440. The van der Waals surface area contributed by atoms with Crippen LogP contribution in [0.3, 0.4) is 0 Å². The zero-order valence-corrected chi connectivity index (χ0v) is 19.2. The summed E-state index contributed by atoms with van der Waals surface area (Å²) in [6, 6.07) is 20.0. The molecule has 0 unspecified atom stereocenters. The summed E-state index contributed by atoms with van der Waals surface area (Å²) in [4.78, 5) is 0. The monoisotopic (exact) mass is 431 g/mol. The van der Waals surface area contributed by atoms with Gasteiger partial charge in [-0.25, -0.2) is 0 Å². The molecule has 0 spiro atoms. The van der Waals surface area contributed by atoms with Crippen LogP contribution in [0.15, 0.2) is 60.7 Å². The highest BCUT2D eigenvalue weighted by molar-refractivity contribution is 6.10. The van der Waals surface area contributed by atoms with Crippen LogP contribution in [0.4, 0.5) is 0 Å². The molecule has 0 saturated heterocycles. The Hall–Kier alpha value is -3.94. The fourth-order valence-corrected chi connectivity index (χ4v) is 3.61. The molecule has 0 aliphatic rings. The number of aliphatic hydroxyl groups is 2. The van der Waals surface area contributed by atoms with Crippen LogP contribution in [0.1, 0.15) is 44.4 Å². The Balaban J connectivity index is 1.99. The lowest BCUT2D eigenvalue weighted by atomic mass is 10.1. The number of nitrogens with zero attached hydrogens (tertiary/aromatic N) is 1. The summed E-state index contributed by atoms with van der Waals surface area (Å²) in [6.45, 7) is 6.66. The van der Waals surface area contributed by atoms with Gasteiger partial charge in [0.15, 0.2) is 0 Å². The fraction of sp³-hybridized carbons (Fsp3) is 0.200. The van der Waals surface area contributed by atoms with Gasteiger partial charge in [0.2, 0.25) is 0 Å². The molecular formula is C30H25NO2. The predicted molar refractivity (Wildman–Crippen MR) is 135 cm³/mol. The molecule has 4 aromatic rings. The predicted octanol–water partition coefficient (Wildman–Crippen LogP) is 5.01. The van der Waals surface area contributed by atoms with Gasteiger partial charge >= 0.3 is 0 Å². The molecule has 0 aliphatic carbocycles. The minimum atomic E-state index is -1.07. The molecule has 3 nitrogen and oxygen atoms in total. The minimum Gasteiger partial charge on any atom is -0.378 e. The van der Waals surface area contributed by atoms with Crippen LogP contribution in [-0.2, 0) is 0 Å². The summed E-state index contributed by atoms with van der Waals surface area (Å²) in [6.07, 6.45) is 5.53. The Morgan fingerprint density at radius 3 is 1.48 bits per heavy atom. The van der Waals surface area contributed by atoms with Crippen LogP contribution < -0.4 is 0 Å². The Labute approximate surface area is 194 Å². The lowest BCUT2D eigenvalue weighted by molar-refractivity contribution is 0.143. The first-order valence-corrected chi connectivity index (χ1v) is 10.7.